The van der Waals surface area contributed by atoms with Gasteiger partial charge in [0.2, 0.25) is 11.8 Å². The third kappa shape index (κ3) is 8.38. The second-order valence-electron chi connectivity index (χ2n) is 10.4. The summed E-state index contributed by atoms with van der Waals surface area (Å²) in [5, 5.41) is 0. The molecule has 2 amide bonds. The van der Waals surface area contributed by atoms with Gasteiger partial charge in [-0.05, 0) is 73.9 Å². The van der Waals surface area contributed by atoms with Crippen molar-refractivity contribution in [3.8, 4) is 0 Å². The average molecular weight is 454 g/mol. The summed E-state index contributed by atoms with van der Waals surface area (Å²) in [5.41, 5.74) is -0.597. The molecule has 0 bridgehead atoms. The molecule has 1 fully saturated rings. The van der Waals surface area contributed by atoms with Crippen LogP contribution in [0.3, 0.4) is 0 Å². The lowest BCUT2D eigenvalue weighted by Gasteiger charge is -2.43. The number of nitrogens with zero attached hydrogens (tertiary/aromatic N) is 3. The van der Waals surface area contributed by atoms with Crippen molar-refractivity contribution in [3.05, 3.63) is 0 Å². The van der Waals surface area contributed by atoms with Gasteiger partial charge in [-0.15, -0.1) is 0 Å². The number of rotatable bonds is 11. The van der Waals surface area contributed by atoms with E-state index in [1.165, 1.54) is 0 Å². The number of hydrogen-bond acceptors (Lipinski definition) is 5. The normalized spacial score (nSPS) is 16.0. The number of carbonyl (C=O) groups excluding carboxylic acids is 3. The standard InChI is InChI=1S/C25H47N3O4/c1-9-21(29)27(24(4,5)6)17-14-25(7,8)28(22(30)10-2)19-18-26-15-12-20(13-16-26)23(31)32-11-3/h20H,9-19H2,1-8H3. The summed E-state index contributed by atoms with van der Waals surface area (Å²) in [6, 6.07) is 0. The van der Waals surface area contributed by atoms with Crippen molar-refractivity contribution >= 4 is 17.8 Å². The minimum Gasteiger partial charge on any atom is -0.466 e. The first-order valence-electron chi connectivity index (χ1n) is 12.4. The minimum absolute atomic E-state index is 0.00417. The SMILES string of the molecule is CCOC(=O)C1CCN(CCN(C(=O)CC)C(C)(C)CCN(C(=O)CC)C(C)(C)C)CC1. The highest BCUT2D eigenvalue weighted by Gasteiger charge is 2.34. The minimum atomic E-state index is -0.353. The van der Waals surface area contributed by atoms with Crippen molar-refractivity contribution in [2.45, 2.75) is 98.6 Å². The lowest BCUT2D eigenvalue weighted by atomic mass is 9.94. The van der Waals surface area contributed by atoms with Crippen LogP contribution in [0.1, 0.15) is 87.5 Å². The van der Waals surface area contributed by atoms with Crippen LogP contribution >= 0.6 is 0 Å². The molecule has 7 heteroatoms. The molecule has 1 saturated heterocycles. The molecule has 1 rings (SSSR count). The van der Waals surface area contributed by atoms with Gasteiger partial charge in [-0.3, -0.25) is 14.4 Å². The van der Waals surface area contributed by atoms with Crippen molar-refractivity contribution in [3.63, 3.8) is 0 Å². The lowest BCUT2D eigenvalue weighted by Crippen LogP contribution is -2.54. The van der Waals surface area contributed by atoms with Crippen molar-refractivity contribution in [1.29, 1.82) is 0 Å². The van der Waals surface area contributed by atoms with Crippen molar-refractivity contribution in [2.24, 2.45) is 5.92 Å². The highest BCUT2D eigenvalue weighted by molar-refractivity contribution is 5.77. The molecule has 0 aliphatic carbocycles. The average Bonchev–Trinajstić information content (AvgIpc) is 2.72. The van der Waals surface area contributed by atoms with E-state index in [1.54, 1.807) is 0 Å². The first-order valence-corrected chi connectivity index (χ1v) is 12.4. The Balaban J connectivity index is 2.74. The zero-order chi connectivity index (χ0) is 24.5. The molecule has 1 aliphatic rings. The Morgan fingerprint density at radius 2 is 1.41 bits per heavy atom. The highest BCUT2D eigenvalue weighted by atomic mass is 16.5. The van der Waals surface area contributed by atoms with Crippen LogP contribution in [0.25, 0.3) is 0 Å². The van der Waals surface area contributed by atoms with Gasteiger partial charge in [0.1, 0.15) is 0 Å². The molecule has 0 spiro atoms. The zero-order valence-electron chi connectivity index (χ0n) is 21.8. The van der Waals surface area contributed by atoms with Gasteiger partial charge < -0.3 is 19.4 Å². The number of ether oxygens (including phenoxy) is 1. The third-order valence-corrected chi connectivity index (χ3v) is 6.54. The molecule has 0 aromatic rings. The van der Waals surface area contributed by atoms with Gasteiger partial charge in [-0.25, -0.2) is 0 Å². The Morgan fingerprint density at radius 1 is 0.875 bits per heavy atom. The maximum Gasteiger partial charge on any atom is 0.309 e. The molecule has 32 heavy (non-hydrogen) atoms. The lowest BCUT2D eigenvalue weighted by molar-refractivity contribution is -0.149. The molecule has 1 heterocycles. The molecule has 0 N–H and O–H groups in total. The smallest absolute Gasteiger partial charge is 0.309 e. The van der Waals surface area contributed by atoms with Gasteiger partial charge in [0.25, 0.3) is 0 Å². The molecular formula is C25H47N3O4. The third-order valence-electron chi connectivity index (χ3n) is 6.54. The number of hydrogen-bond donors (Lipinski definition) is 0. The molecular weight excluding hydrogens is 406 g/mol. The van der Waals surface area contributed by atoms with Gasteiger partial charge in [-0.2, -0.15) is 0 Å². The molecule has 0 aromatic heterocycles. The van der Waals surface area contributed by atoms with Crippen LogP contribution in [-0.2, 0) is 19.1 Å². The van der Waals surface area contributed by atoms with Gasteiger partial charge >= 0.3 is 5.97 Å². The van der Waals surface area contributed by atoms with Gasteiger partial charge in [0.05, 0.1) is 12.5 Å². The quantitative estimate of drug-likeness (QED) is 0.446. The molecule has 186 valence electrons. The number of esters is 1. The predicted octanol–water partition coefficient (Wildman–Crippen LogP) is 3.71. The van der Waals surface area contributed by atoms with Crippen LogP contribution in [0.5, 0.6) is 0 Å². The van der Waals surface area contributed by atoms with Crippen LogP contribution in [-0.4, -0.2) is 82.9 Å². The fourth-order valence-electron chi connectivity index (χ4n) is 4.40. The van der Waals surface area contributed by atoms with Crippen LogP contribution in [0.2, 0.25) is 0 Å². The number of amides is 2. The van der Waals surface area contributed by atoms with Crippen LogP contribution in [0.4, 0.5) is 0 Å². The van der Waals surface area contributed by atoms with E-state index in [4.69, 9.17) is 4.74 Å². The summed E-state index contributed by atoms with van der Waals surface area (Å²) in [6.07, 6.45) is 3.29. The Labute approximate surface area is 195 Å². The molecule has 7 nitrogen and oxygen atoms in total. The summed E-state index contributed by atoms with van der Waals surface area (Å²) in [4.78, 5) is 43.6. The van der Waals surface area contributed by atoms with E-state index in [9.17, 15) is 14.4 Å². The second-order valence-corrected chi connectivity index (χ2v) is 10.4. The summed E-state index contributed by atoms with van der Waals surface area (Å²) in [5.74, 6) is 0.197. The summed E-state index contributed by atoms with van der Waals surface area (Å²) in [7, 11) is 0. The van der Waals surface area contributed by atoms with Gasteiger partial charge in [0.15, 0.2) is 0 Å². The van der Waals surface area contributed by atoms with Crippen molar-refractivity contribution < 1.29 is 19.1 Å². The first-order chi connectivity index (χ1) is 14.9. The van der Waals surface area contributed by atoms with E-state index < -0.39 is 0 Å². The van der Waals surface area contributed by atoms with Crippen LogP contribution in [0, 0.1) is 5.92 Å². The summed E-state index contributed by atoms with van der Waals surface area (Å²) >= 11 is 0. The van der Waals surface area contributed by atoms with E-state index >= 15 is 0 Å². The Hall–Kier alpha value is -1.63. The monoisotopic (exact) mass is 453 g/mol. The first kappa shape index (κ1) is 28.4. The zero-order valence-corrected chi connectivity index (χ0v) is 21.8. The summed E-state index contributed by atoms with van der Waals surface area (Å²) in [6.45, 7) is 20.2. The number of piperidine rings is 1. The maximum atomic E-state index is 12.8. The van der Waals surface area contributed by atoms with E-state index in [-0.39, 0.29) is 34.8 Å². The Morgan fingerprint density at radius 3 is 1.88 bits per heavy atom. The van der Waals surface area contributed by atoms with Gasteiger partial charge in [0, 0.05) is 43.6 Å². The molecule has 0 atom stereocenters. The topological polar surface area (TPSA) is 70.2 Å². The Bertz CT molecular complexity index is 619. The molecule has 0 radical (unpaired) electrons. The van der Waals surface area contributed by atoms with E-state index in [1.807, 2.05) is 30.6 Å². The molecule has 0 aromatic carbocycles. The number of carbonyl (C=O) groups is 3. The fourth-order valence-corrected chi connectivity index (χ4v) is 4.40. The van der Waals surface area contributed by atoms with Crippen molar-refractivity contribution in [2.75, 3.05) is 39.3 Å². The fraction of sp³-hybridized carbons (Fsp3) is 0.880. The van der Waals surface area contributed by atoms with Crippen molar-refractivity contribution in [1.82, 2.24) is 14.7 Å². The van der Waals surface area contributed by atoms with E-state index in [0.29, 0.717) is 32.5 Å². The van der Waals surface area contributed by atoms with Gasteiger partial charge in [-0.1, -0.05) is 13.8 Å². The van der Waals surface area contributed by atoms with E-state index in [2.05, 4.69) is 39.5 Å². The predicted molar refractivity (Wildman–Crippen MR) is 128 cm³/mol. The summed E-state index contributed by atoms with van der Waals surface area (Å²) < 4.78 is 5.16. The van der Waals surface area contributed by atoms with Crippen LogP contribution in [0.15, 0.2) is 0 Å². The molecule has 0 saturated carbocycles. The second kappa shape index (κ2) is 12.6. The van der Waals surface area contributed by atoms with E-state index in [0.717, 1.165) is 38.9 Å². The molecule has 1 aliphatic heterocycles. The number of likely N-dealkylation sites (tertiary alicyclic amines) is 1. The van der Waals surface area contributed by atoms with Crippen LogP contribution < -0.4 is 0 Å². The highest BCUT2D eigenvalue weighted by Crippen LogP contribution is 2.25. The largest absolute Gasteiger partial charge is 0.466 e. The molecule has 0 unspecified atom stereocenters. The Kier molecular flexibility index (Phi) is 11.2. The maximum absolute atomic E-state index is 12.8.